The molecule has 0 fully saturated rings. The molecule has 0 atom stereocenters. The highest BCUT2D eigenvalue weighted by Crippen LogP contribution is 1.99. The Balaban J connectivity index is 1.96. The van der Waals surface area contributed by atoms with Crippen LogP contribution in [0.1, 0.15) is 18.4 Å². The summed E-state index contributed by atoms with van der Waals surface area (Å²) in [5.74, 6) is 0.674. The van der Waals surface area contributed by atoms with Crippen molar-refractivity contribution in [3.8, 4) is 0 Å². The molecule has 2 N–H and O–H groups in total. The molecule has 96 valence electrons. The van der Waals surface area contributed by atoms with E-state index in [1.807, 2.05) is 6.92 Å². The lowest BCUT2D eigenvalue weighted by atomic mass is 10.2. The maximum atomic E-state index is 11.8. The lowest BCUT2D eigenvalue weighted by Gasteiger charge is -2.02. The quantitative estimate of drug-likeness (QED) is 0.715. The van der Waals surface area contributed by atoms with Crippen molar-refractivity contribution < 1.29 is 4.79 Å². The van der Waals surface area contributed by atoms with Crippen molar-refractivity contribution in [3.63, 3.8) is 0 Å². The molecule has 0 spiro atoms. The molecule has 0 saturated heterocycles. The monoisotopic (exact) mass is 249 g/mol. The normalized spacial score (nSPS) is 10.8. The van der Waals surface area contributed by atoms with Crippen LogP contribution in [0.2, 0.25) is 0 Å². The second-order valence-corrected chi connectivity index (χ2v) is 3.82. The van der Waals surface area contributed by atoms with E-state index in [0.29, 0.717) is 24.6 Å². The minimum absolute atomic E-state index is 0.00571. The van der Waals surface area contributed by atoms with E-state index in [-0.39, 0.29) is 18.7 Å². The van der Waals surface area contributed by atoms with Gasteiger partial charge in [0, 0.05) is 13.1 Å². The second-order valence-electron chi connectivity index (χ2n) is 3.82. The molecule has 8 nitrogen and oxygen atoms in total. The molecule has 0 aliphatic heterocycles. The average Bonchev–Trinajstić information content (AvgIpc) is 2.97. The first-order valence-corrected chi connectivity index (χ1v) is 5.70. The number of nitrogens with two attached hydrogens (primary N) is 1. The number of carbonyl (C=O) groups is 1. The van der Waals surface area contributed by atoms with Gasteiger partial charge in [-0.15, -0.1) is 5.10 Å². The number of ketones is 1. The fourth-order valence-electron chi connectivity index (χ4n) is 1.61. The molecule has 8 heteroatoms. The number of aryl methyl sites for hydroxylation is 1. The first kappa shape index (κ1) is 12.4. The molecule has 2 aromatic rings. The summed E-state index contributed by atoms with van der Waals surface area (Å²) in [6.07, 6.45) is 3.36. The van der Waals surface area contributed by atoms with Crippen molar-refractivity contribution in [3.05, 3.63) is 24.0 Å². The van der Waals surface area contributed by atoms with Gasteiger partial charge in [-0.05, 0) is 6.92 Å². The third-order valence-corrected chi connectivity index (χ3v) is 2.48. The lowest BCUT2D eigenvalue weighted by molar-refractivity contribution is -0.119. The number of carbonyl (C=O) groups excluding carboxylic acids is 1. The summed E-state index contributed by atoms with van der Waals surface area (Å²) in [4.78, 5) is 15.9. The Morgan fingerprint density at radius 2 is 2.33 bits per heavy atom. The molecule has 0 unspecified atom stereocenters. The van der Waals surface area contributed by atoms with Crippen molar-refractivity contribution in [2.24, 2.45) is 5.73 Å². The topological polar surface area (TPSA) is 105 Å². The standard InChI is InChI=1S/C10H15N7O/c1-2-17-10(12-7-13-17)3-9(18)6-16-5-8(4-11)14-15-16/h5,7H,2-4,6,11H2,1H3. The molecule has 0 radical (unpaired) electrons. The van der Waals surface area contributed by atoms with Crippen LogP contribution in [-0.4, -0.2) is 35.5 Å². The van der Waals surface area contributed by atoms with Crippen LogP contribution in [-0.2, 0) is 30.8 Å². The smallest absolute Gasteiger partial charge is 0.161 e. The molecule has 2 heterocycles. The van der Waals surface area contributed by atoms with Crippen molar-refractivity contribution in [1.82, 2.24) is 29.8 Å². The van der Waals surface area contributed by atoms with E-state index in [1.54, 1.807) is 10.9 Å². The minimum Gasteiger partial charge on any atom is -0.325 e. The van der Waals surface area contributed by atoms with Crippen molar-refractivity contribution >= 4 is 5.78 Å². The molecule has 0 saturated carbocycles. The summed E-state index contributed by atoms with van der Waals surface area (Å²) in [7, 11) is 0. The first-order valence-electron chi connectivity index (χ1n) is 5.70. The molecule has 0 bridgehead atoms. The fraction of sp³-hybridized carbons (Fsp3) is 0.500. The van der Waals surface area contributed by atoms with Crippen molar-refractivity contribution in [1.29, 1.82) is 0 Å². The van der Waals surface area contributed by atoms with Gasteiger partial charge in [0.25, 0.3) is 0 Å². The van der Waals surface area contributed by atoms with Gasteiger partial charge < -0.3 is 5.73 Å². The molecule has 0 amide bonds. The van der Waals surface area contributed by atoms with Crippen LogP contribution in [0.25, 0.3) is 0 Å². The Bertz CT molecular complexity index is 530. The predicted octanol–water partition coefficient (Wildman–Crippen LogP) is -0.840. The van der Waals surface area contributed by atoms with Gasteiger partial charge in [0.05, 0.1) is 18.3 Å². The van der Waals surface area contributed by atoms with Crippen LogP contribution in [0.5, 0.6) is 0 Å². The van der Waals surface area contributed by atoms with Gasteiger partial charge in [0.15, 0.2) is 5.78 Å². The van der Waals surface area contributed by atoms with E-state index < -0.39 is 0 Å². The minimum atomic E-state index is 0.00571. The summed E-state index contributed by atoms with van der Waals surface area (Å²) in [6, 6.07) is 0. The zero-order chi connectivity index (χ0) is 13.0. The highest BCUT2D eigenvalue weighted by Gasteiger charge is 2.11. The van der Waals surface area contributed by atoms with E-state index >= 15 is 0 Å². The second kappa shape index (κ2) is 5.50. The third-order valence-electron chi connectivity index (χ3n) is 2.48. The molecule has 2 aromatic heterocycles. The van der Waals surface area contributed by atoms with Crippen LogP contribution in [0, 0.1) is 0 Å². The molecule has 0 aliphatic carbocycles. The van der Waals surface area contributed by atoms with E-state index in [9.17, 15) is 4.79 Å². The average molecular weight is 249 g/mol. The van der Waals surface area contributed by atoms with Crippen LogP contribution in [0.15, 0.2) is 12.5 Å². The number of rotatable bonds is 6. The number of Topliss-reactive ketones (excluding diaryl/α,β-unsaturated/α-hetero) is 1. The van der Waals surface area contributed by atoms with Gasteiger partial charge in [-0.1, -0.05) is 5.21 Å². The maximum Gasteiger partial charge on any atom is 0.161 e. The third kappa shape index (κ3) is 2.77. The van der Waals surface area contributed by atoms with Crippen LogP contribution in [0.3, 0.4) is 0 Å². The first-order chi connectivity index (χ1) is 8.72. The zero-order valence-corrected chi connectivity index (χ0v) is 10.2. The van der Waals surface area contributed by atoms with Crippen LogP contribution in [0.4, 0.5) is 0 Å². The number of aromatic nitrogens is 6. The molecule has 2 rings (SSSR count). The van der Waals surface area contributed by atoms with Gasteiger partial charge in [-0.25, -0.2) is 14.3 Å². The number of nitrogens with zero attached hydrogens (tertiary/aromatic N) is 6. The summed E-state index contributed by atoms with van der Waals surface area (Å²) in [6.45, 7) is 3.14. The fourth-order valence-corrected chi connectivity index (χ4v) is 1.61. The highest BCUT2D eigenvalue weighted by atomic mass is 16.1. The summed E-state index contributed by atoms with van der Waals surface area (Å²) < 4.78 is 3.18. The number of hydrogen-bond acceptors (Lipinski definition) is 6. The molecule has 0 aromatic carbocycles. The summed E-state index contributed by atoms with van der Waals surface area (Å²) in [5, 5.41) is 11.7. The molecular weight excluding hydrogens is 234 g/mol. The summed E-state index contributed by atoms with van der Waals surface area (Å²) >= 11 is 0. The highest BCUT2D eigenvalue weighted by molar-refractivity contribution is 5.79. The van der Waals surface area contributed by atoms with Gasteiger partial charge >= 0.3 is 0 Å². The van der Waals surface area contributed by atoms with Gasteiger partial charge in [0.2, 0.25) is 0 Å². The number of hydrogen-bond donors (Lipinski definition) is 1. The molecule has 0 aliphatic rings. The SMILES string of the molecule is CCn1ncnc1CC(=O)Cn1cc(CN)nn1. The van der Waals surface area contributed by atoms with E-state index in [1.165, 1.54) is 11.0 Å². The Morgan fingerprint density at radius 3 is 3.00 bits per heavy atom. The molecule has 18 heavy (non-hydrogen) atoms. The van der Waals surface area contributed by atoms with E-state index in [2.05, 4.69) is 20.4 Å². The van der Waals surface area contributed by atoms with E-state index in [0.717, 1.165) is 0 Å². The van der Waals surface area contributed by atoms with E-state index in [4.69, 9.17) is 5.73 Å². The maximum absolute atomic E-state index is 11.8. The Hall–Kier alpha value is -2.09. The molecular formula is C10H15N7O. The van der Waals surface area contributed by atoms with Crippen LogP contribution < -0.4 is 5.73 Å². The Morgan fingerprint density at radius 1 is 1.50 bits per heavy atom. The summed E-state index contributed by atoms with van der Waals surface area (Å²) in [5.41, 5.74) is 6.09. The Kier molecular flexibility index (Phi) is 3.78. The van der Waals surface area contributed by atoms with Crippen molar-refractivity contribution in [2.75, 3.05) is 0 Å². The van der Waals surface area contributed by atoms with Crippen molar-refractivity contribution in [2.45, 2.75) is 33.0 Å². The van der Waals surface area contributed by atoms with Gasteiger partial charge in [-0.3, -0.25) is 4.79 Å². The van der Waals surface area contributed by atoms with Gasteiger partial charge in [-0.2, -0.15) is 5.10 Å². The Labute approximate surface area is 104 Å². The van der Waals surface area contributed by atoms with Gasteiger partial charge in [0.1, 0.15) is 18.7 Å². The largest absolute Gasteiger partial charge is 0.325 e. The zero-order valence-electron chi connectivity index (χ0n) is 10.2. The van der Waals surface area contributed by atoms with Crippen LogP contribution >= 0.6 is 0 Å². The predicted molar refractivity (Wildman–Crippen MR) is 62.3 cm³/mol. The lowest BCUT2D eigenvalue weighted by Crippen LogP contribution is -2.16.